The number of anilines is 1. The van der Waals surface area contributed by atoms with E-state index in [2.05, 4.69) is 11.1 Å². The van der Waals surface area contributed by atoms with E-state index in [1.165, 1.54) is 5.56 Å². The zero-order chi connectivity index (χ0) is 20.2. The number of amides is 1. The summed E-state index contributed by atoms with van der Waals surface area (Å²) in [6, 6.07) is 15.9. The average molecular weight is 409 g/mol. The number of ether oxygens (including phenoxy) is 1. The molecule has 1 amide bonds. The minimum Gasteiger partial charge on any atom is -0.494 e. The molecular weight excluding hydrogens is 384 g/mol. The van der Waals surface area contributed by atoms with E-state index in [1.807, 2.05) is 61.2 Å². The molecule has 2 aromatic carbocycles. The van der Waals surface area contributed by atoms with E-state index in [4.69, 9.17) is 9.15 Å². The number of hydrogen-bond acceptors (Lipinski definition) is 5. The van der Waals surface area contributed by atoms with E-state index in [0.29, 0.717) is 24.0 Å². The first-order valence-electron chi connectivity index (χ1n) is 9.81. The Balaban J connectivity index is 1.35. The van der Waals surface area contributed by atoms with Gasteiger partial charge in [0.05, 0.1) is 18.1 Å². The van der Waals surface area contributed by atoms with Crippen LogP contribution in [0.4, 0.5) is 5.69 Å². The summed E-state index contributed by atoms with van der Waals surface area (Å²) in [5.74, 6) is 3.44. The number of hydrogen-bond donors (Lipinski definition) is 0. The highest BCUT2D eigenvalue weighted by molar-refractivity contribution is 7.99. The van der Waals surface area contributed by atoms with Gasteiger partial charge in [-0.3, -0.25) is 4.79 Å². The van der Waals surface area contributed by atoms with Crippen molar-refractivity contribution in [3.63, 3.8) is 0 Å². The van der Waals surface area contributed by atoms with Crippen LogP contribution in [0.2, 0.25) is 0 Å². The molecule has 4 rings (SSSR count). The van der Waals surface area contributed by atoms with Crippen molar-refractivity contribution in [2.24, 2.45) is 0 Å². The van der Waals surface area contributed by atoms with Gasteiger partial charge < -0.3 is 14.1 Å². The van der Waals surface area contributed by atoms with E-state index in [-0.39, 0.29) is 5.91 Å². The number of nitrogens with zero attached hydrogens (tertiary/aromatic N) is 2. The summed E-state index contributed by atoms with van der Waals surface area (Å²) < 4.78 is 11.3. The zero-order valence-electron chi connectivity index (χ0n) is 16.7. The Labute approximate surface area is 175 Å². The van der Waals surface area contributed by atoms with Gasteiger partial charge in [0.1, 0.15) is 11.5 Å². The largest absolute Gasteiger partial charge is 0.494 e. The van der Waals surface area contributed by atoms with Crippen molar-refractivity contribution in [3.8, 4) is 17.2 Å². The van der Waals surface area contributed by atoms with E-state index in [9.17, 15) is 4.79 Å². The topological polar surface area (TPSA) is 55.6 Å². The molecule has 0 saturated carbocycles. The number of fused-ring (bicyclic) bond motifs is 1. The molecule has 3 aromatic rings. The van der Waals surface area contributed by atoms with Crippen LogP contribution in [0.1, 0.15) is 23.9 Å². The monoisotopic (exact) mass is 408 g/mol. The second-order valence-electron chi connectivity index (χ2n) is 6.90. The van der Waals surface area contributed by atoms with Crippen molar-refractivity contribution in [1.82, 2.24) is 4.98 Å². The standard InChI is InChI=1S/C23H24N2O3S/c1-3-27-19-10-8-18(9-11-19)23-24-20(16(2)28-23)14-29-15-22(26)25-13-12-17-6-4-5-7-21(17)25/h4-11H,3,12-15H2,1-2H3. The molecule has 1 aromatic heterocycles. The van der Waals surface area contributed by atoms with Gasteiger partial charge in [0.15, 0.2) is 0 Å². The van der Waals surface area contributed by atoms with Gasteiger partial charge in [-0.1, -0.05) is 18.2 Å². The van der Waals surface area contributed by atoms with Crippen molar-refractivity contribution >= 4 is 23.4 Å². The summed E-state index contributed by atoms with van der Waals surface area (Å²) in [4.78, 5) is 19.2. The lowest BCUT2D eigenvalue weighted by atomic mass is 10.2. The lowest BCUT2D eigenvalue weighted by molar-refractivity contribution is -0.116. The first-order valence-corrected chi connectivity index (χ1v) is 11.0. The Morgan fingerprint density at radius 3 is 2.79 bits per heavy atom. The first-order chi connectivity index (χ1) is 14.2. The molecule has 6 heteroatoms. The van der Waals surface area contributed by atoms with Crippen LogP contribution in [-0.2, 0) is 17.0 Å². The summed E-state index contributed by atoms with van der Waals surface area (Å²) in [7, 11) is 0. The summed E-state index contributed by atoms with van der Waals surface area (Å²) >= 11 is 1.57. The summed E-state index contributed by atoms with van der Waals surface area (Å²) in [5, 5.41) is 0. The molecular formula is C23H24N2O3S. The number of oxazole rings is 1. The maximum absolute atomic E-state index is 12.6. The lowest BCUT2D eigenvalue weighted by Gasteiger charge is -2.16. The normalized spacial score (nSPS) is 12.8. The van der Waals surface area contributed by atoms with Crippen LogP contribution in [0.15, 0.2) is 52.9 Å². The number of para-hydroxylation sites is 1. The van der Waals surface area contributed by atoms with Crippen molar-refractivity contribution in [2.75, 3.05) is 23.8 Å². The Hall–Kier alpha value is -2.73. The lowest BCUT2D eigenvalue weighted by Crippen LogP contribution is -2.30. The Morgan fingerprint density at radius 2 is 2.00 bits per heavy atom. The third-order valence-corrected chi connectivity index (χ3v) is 5.89. The van der Waals surface area contributed by atoms with Crippen molar-refractivity contribution in [2.45, 2.75) is 26.0 Å². The maximum atomic E-state index is 12.6. The number of aryl methyl sites for hydroxylation is 1. The van der Waals surface area contributed by atoms with E-state index < -0.39 is 0 Å². The van der Waals surface area contributed by atoms with Crippen LogP contribution >= 0.6 is 11.8 Å². The number of aromatic nitrogens is 1. The molecule has 0 bridgehead atoms. The molecule has 0 radical (unpaired) electrons. The summed E-state index contributed by atoms with van der Waals surface area (Å²) in [6.07, 6.45) is 0.931. The predicted octanol–water partition coefficient (Wildman–Crippen LogP) is 4.87. The van der Waals surface area contributed by atoms with E-state index in [0.717, 1.165) is 41.4 Å². The molecule has 0 spiro atoms. The van der Waals surface area contributed by atoms with Crippen LogP contribution in [0, 0.1) is 6.92 Å². The highest BCUT2D eigenvalue weighted by Crippen LogP contribution is 2.29. The van der Waals surface area contributed by atoms with Gasteiger partial charge in [-0.05, 0) is 56.2 Å². The number of carbonyl (C=O) groups excluding carboxylic acids is 1. The third-order valence-electron chi connectivity index (χ3n) is 4.96. The summed E-state index contributed by atoms with van der Waals surface area (Å²) in [6.45, 7) is 5.28. The van der Waals surface area contributed by atoms with Gasteiger partial charge >= 0.3 is 0 Å². The molecule has 0 unspecified atom stereocenters. The van der Waals surface area contributed by atoms with Crippen LogP contribution in [-0.4, -0.2) is 29.8 Å². The highest BCUT2D eigenvalue weighted by atomic mass is 32.2. The number of thioether (sulfide) groups is 1. The zero-order valence-corrected chi connectivity index (χ0v) is 17.5. The Morgan fingerprint density at radius 1 is 1.21 bits per heavy atom. The summed E-state index contributed by atoms with van der Waals surface area (Å²) in [5.41, 5.74) is 4.10. The predicted molar refractivity (Wildman–Crippen MR) is 117 cm³/mol. The highest BCUT2D eigenvalue weighted by Gasteiger charge is 2.24. The molecule has 29 heavy (non-hydrogen) atoms. The third kappa shape index (κ3) is 4.32. The molecule has 0 N–H and O–H groups in total. The van der Waals surface area contributed by atoms with E-state index >= 15 is 0 Å². The molecule has 1 aliphatic heterocycles. The minimum absolute atomic E-state index is 0.146. The molecule has 150 valence electrons. The maximum Gasteiger partial charge on any atom is 0.237 e. The fraction of sp³-hybridized carbons (Fsp3) is 0.304. The molecule has 0 aliphatic carbocycles. The van der Waals surface area contributed by atoms with Crippen LogP contribution in [0.3, 0.4) is 0 Å². The van der Waals surface area contributed by atoms with Gasteiger partial charge in [-0.15, -0.1) is 11.8 Å². The molecule has 5 nitrogen and oxygen atoms in total. The molecule has 2 heterocycles. The fourth-order valence-electron chi connectivity index (χ4n) is 3.46. The SMILES string of the molecule is CCOc1ccc(-c2nc(CSCC(=O)N3CCc4ccccc43)c(C)o2)cc1. The van der Waals surface area contributed by atoms with Gasteiger partial charge in [0.25, 0.3) is 0 Å². The number of carbonyl (C=O) groups is 1. The quantitative estimate of drug-likeness (QED) is 0.558. The van der Waals surface area contributed by atoms with Gasteiger partial charge in [-0.2, -0.15) is 0 Å². The number of rotatable bonds is 7. The van der Waals surface area contributed by atoms with Gasteiger partial charge in [-0.25, -0.2) is 4.98 Å². The second-order valence-corrected chi connectivity index (χ2v) is 7.88. The van der Waals surface area contributed by atoms with Crippen LogP contribution in [0.5, 0.6) is 5.75 Å². The number of benzene rings is 2. The average Bonchev–Trinajstić information content (AvgIpc) is 3.33. The minimum atomic E-state index is 0.146. The first kappa shape index (κ1) is 19.6. The van der Waals surface area contributed by atoms with Gasteiger partial charge in [0.2, 0.25) is 11.8 Å². The molecule has 0 atom stereocenters. The molecule has 0 fully saturated rings. The van der Waals surface area contributed by atoms with Crippen LogP contribution in [0.25, 0.3) is 11.5 Å². The molecule has 1 aliphatic rings. The van der Waals surface area contributed by atoms with Gasteiger partial charge in [0, 0.05) is 23.5 Å². The fourth-order valence-corrected chi connectivity index (χ4v) is 4.35. The van der Waals surface area contributed by atoms with Crippen molar-refractivity contribution in [3.05, 3.63) is 65.5 Å². The Kier molecular flexibility index (Phi) is 5.90. The van der Waals surface area contributed by atoms with E-state index in [1.54, 1.807) is 11.8 Å². The second kappa shape index (κ2) is 8.74. The van der Waals surface area contributed by atoms with Crippen molar-refractivity contribution < 1.29 is 13.9 Å². The smallest absolute Gasteiger partial charge is 0.237 e. The molecule has 0 saturated heterocycles. The van der Waals surface area contributed by atoms with Crippen LogP contribution < -0.4 is 9.64 Å². The Bertz CT molecular complexity index is 998. The van der Waals surface area contributed by atoms with Crippen molar-refractivity contribution in [1.29, 1.82) is 0 Å².